The predicted octanol–water partition coefficient (Wildman–Crippen LogP) is 3.15. The Morgan fingerprint density at radius 1 is 1.45 bits per heavy atom. The van der Waals surface area contributed by atoms with E-state index < -0.39 is 10.0 Å². The molecule has 1 unspecified atom stereocenters. The molecule has 0 saturated heterocycles. The minimum atomic E-state index is -3.54. The van der Waals surface area contributed by atoms with E-state index in [1.165, 1.54) is 0 Å². The van der Waals surface area contributed by atoms with Crippen LogP contribution in [0.4, 0.5) is 5.69 Å². The highest BCUT2D eigenvalue weighted by atomic mass is 79.9. The van der Waals surface area contributed by atoms with E-state index in [1.54, 1.807) is 30.8 Å². The number of anilines is 1. The Labute approximate surface area is 134 Å². The van der Waals surface area contributed by atoms with E-state index in [-0.39, 0.29) is 10.9 Å². The molecule has 0 fully saturated rings. The van der Waals surface area contributed by atoms with Crippen molar-refractivity contribution in [2.24, 2.45) is 0 Å². The number of hydrogen-bond acceptors (Lipinski definition) is 4. The van der Waals surface area contributed by atoms with Gasteiger partial charge in [-0.3, -0.25) is 0 Å². The molecule has 1 aromatic carbocycles. The maximum atomic E-state index is 12.4. The Morgan fingerprint density at radius 3 is 2.70 bits per heavy atom. The molecule has 0 aromatic heterocycles. The van der Waals surface area contributed by atoms with Crippen LogP contribution < -0.4 is 10.5 Å². The van der Waals surface area contributed by atoms with Gasteiger partial charge < -0.3 is 5.73 Å². The maximum absolute atomic E-state index is 12.4. The van der Waals surface area contributed by atoms with E-state index in [0.717, 1.165) is 17.9 Å². The fourth-order valence-electron chi connectivity index (χ4n) is 1.75. The normalized spacial score (nSPS) is 13.4. The zero-order valence-corrected chi connectivity index (χ0v) is 15.2. The van der Waals surface area contributed by atoms with Gasteiger partial charge in [0.15, 0.2) is 0 Å². The van der Waals surface area contributed by atoms with E-state index in [9.17, 15) is 8.42 Å². The lowest BCUT2D eigenvalue weighted by Gasteiger charge is -2.16. The summed E-state index contributed by atoms with van der Waals surface area (Å²) in [5.74, 6) is 1.99. The molecule has 0 heterocycles. The number of rotatable bonds is 7. The van der Waals surface area contributed by atoms with Crippen LogP contribution in [0, 0.1) is 6.92 Å². The topological polar surface area (TPSA) is 72.2 Å². The second kappa shape index (κ2) is 7.68. The summed E-state index contributed by atoms with van der Waals surface area (Å²) in [6, 6.07) is 3.19. The molecule has 4 nitrogen and oxygen atoms in total. The Bertz CT molecular complexity index is 562. The first-order chi connectivity index (χ1) is 9.27. The van der Waals surface area contributed by atoms with Crippen molar-refractivity contribution in [3.8, 4) is 0 Å². The molecular formula is C13H21BrN2O2S2. The quantitative estimate of drug-likeness (QED) is 0.562. The van der Waals surface area contributed by atoms with Crippen molar-refractivity contribution in [2.75, 3.05) is 17.2 Å². The van der Waals surface area contributed by atoms with Gasteiger partial charge in [-0.2, -0.15) is 11.8 Å². The van der Waals surface area contributed by atoms with Gasteiger partial charge in [0.25, 0.3) is 0 Å². The largest absolute Gasteiger partial charge is 0.398 e. The Hall–Kier alpha value is -0.240. The Kier molecular flexibility index (Phi) is 6.84. The van der Waals surface area contributed by atoms with Crippen LogP contribution in [0.5, 0.6) is 0 Å². The molecule has 0 aliphatic heterocycles. The highest BCUT2D eigenvalue weighted by Gasteiger charge is 2.21. The molecule has 0 amide bonds. The van der Waals surface area contributed by atoms with E-state index in [2.05, 4.69) is 27.6 Å². The van der Waals surface area contributed by atoms with Crippen LogP contribution in [0.3, 0.4) is 0 Å². The van der Waals surface area contributed by atoms with Gasteiger partial charge in [0.2, 0.25) is 10.0 Å². The van der Waals surface area contributed by atoms with Crippen LogP contribution in [0.2, 0.25) is 0 Å². The number of nitrogen functional groups attached to an aromatic ring is 1. The van der Waals surface area contributed by atoms with E-state index >= 15 is 0 Å². The standard InChI is InChI=1S/C13H21BrN2O2S2/c1-4-19-6-5-9(2)16-20(17,18)13-8-11(14)7-12(15)10(13)3/h7-9,16H,4-6,15H2,1-3H3. The van der Waals surface area contributed by atoms with Crippen molar-refractivity contribution in [1.29, 1.82) is 0 Å². The Morgan fingerprint density at radius 2 is 2.10 bits per heavy atom. The molecule has 7 heteroatoms. The third-order valence-corrected chi connectivity index (χ3v) is 6.02. The van der Waals surface area contributed by atoms with Crippen molar-refractivity contribution in [2.45, 2.75) is 38.1 Å². The zero-order chi connectivity index (χ0) is 15.3. The van der Waals surface area contributed by atoms with Gasteiger partial charge in [0.1, 0.15) is 0 Å². The summed E-state index contributed by atoms with van der Waals surface area (Å²) in [7, 11) is -3.54. The smallest absolute Gasteiger partial charge is 0.241 e. The van der Waals surface area contributed by atoms with E-state index in [1.807, 2.05) is 6.92 Å². The number of nitrogens with one attached hydrogen (secondary N) is 1. The molecule has 1 aromatic rings. The van der Waals surface area contributed by atoms with Crippen molar-refractivity contribution in [1.82, 2.24) is 4.72 Å². The first-order valence-electron chi connectivity index (χ1n) is 6.43. The minimum Gasteiger partial charge on any atom is -0.398 e. The molecule has 1 rings (SSSR count). The molecule has 0 aliphatic rings. The highest BCUT2D eigenvalue weighted by molar-refractivity contribution is 9.10. The molecule has 114 valence electrons. The van der Waals surface area contributed by atoms with Gasteiger partial charge in [-0.1, -0.05) is 22.9 Å². The first-order valence-corrected chi connectivity index (χ1v) is 9.86. The fourth-order valence-corrected chi connectivity index (χ4v) is 4.76. The van der Waals surface area contributed by atoms with Crippen LogP contribution >= 0.6 is 27.7 Å². The number of hydrogen-bond donors (Lipinski definition) is 2. The molecule has 3 N–H and O–H groups in total. The van der Waals surface area contributed by atoms with Crippen molar-refractivity contribution < 1.29 is 8.42 Å². The number of nitrogens with two attached hydrogens (primary N) is 1. The summed E-state index contributed by atoms with van der Waals surface area (Å²) in [6.07, 6.45) is 0.806. The SMILES string of the molecule is CCSCCC(C)NS(=O)(=O)c1cc(Br)cc(N)c1C. The van der Waals surface area contributed by atoms with Crippen molar-refractivity contribution >= 4 is 43.4 Å². The van der Waals surface area contributed by atoms with Crippen LogP contribution in [-0.4, -0.2) is 26.0 Å². The summed E-state index contributed by atoms with van der Waals surface area (Å²) in [5, 5.41) is 0. The molecule has 1 atom stereocenters. The zero-order valence-electron chi connectivity index (χ0n) is 11.9. The maximum Gasteiger partial charge on any atom is 0.241 e. The molecule has 0 radical (unpaired) electrons. The monoisotopic (exact) mass is 380 g/mol. The van der Waals surface area contributed by atoms with Crippen molar-refractivity contribution in [3.05, 3.63) is 22.2 Å². The van der Waals surface area contributed by atoms with Gasteiger partial charge in [0.05, 0.1) is 4.90 Å². The summed E-state index contributed by atoms with van der Waals surface area (Å²) in [4.78, 5) is 0.236. The van der Waals surface area contributed by atoms with Gasteiger partial charge in [0, 0.05) is 16.2 Å². The molecule has 0 saturated carbocycles. The molecule has 0 spiro atoms. The lowest BCUT2D eigenvalue weighted by atomic mass is 10.2. The number of thioether (sulfide) groups is 1. The van der Waals surface area contributed by atoms with Gasteiger partial charge >= 0.3 is 0 Å². The fraction of sp³-hybridized carbons (Fsp3) is 0.538. The average Bonchev–Trinajstić information content (AvgIpc) is 2.33. The second-order valence-electron chi connectivity index (χ2n) is 4.63. The Balaban J connectivity index is 2.89. The van der Waals surface area contributed by atoms with Gasteiger partial charge in [-0.25, -0.2) is 13.1 Å². The summed E-state index contributed by atoms with van der Waals surface area (Å²) < 4.78 is 28.2. The number of benzene rings is 1. The molecule has 0 bridgehead atoms. The van der Waals surface area contributed by atoms with E-state index in [0.29, 0.717) is 15.7 Å². The van der Waals surface area contributed by atoms with Crippen LogP contribution in [0.1, 0.15) is 25.8 Å². The second-order valence-corrected chi connectivity index (χ2v) is 8.62. The van der Waals surface area contributed by atoms with Crippen LogP contribution in [-0.2, 0) is 10.0 Å². The summed E-state index contributed by atoms with van der Waals surface area (Å²) in [6.45, 7) is 5.69. The third-order valence-electron chi connectivity index (χ3n) is 2.91. The summed E-state index contributed by atoms with van der Waals surface area (Å²) in [5.41, 5.74) is 6.87. The lowest BCUT2D eigenvalue weighted by Crippen LogP contribution is -2.33. The number of sulfonamides is 1. The average molecular weight is 381 g/mol. The predicted molar refractivity (Wildman–Crippen MR) is 90.7 cm³/mol. The highest BCUT2D eigenvalue weighted by Crippen LogP contribution is 2.26. The molecular weight excluding hydrogens is 360 g/mol. The van der Waals surface area contributed by atoms with Gasteiger partial charge in [-0.05, 0) is 49.5 Å². The molecule has 20 heavy (non-hydrogen) atoms. The number of halogens is 1. The third kappa shape index (κ3) is 4.95. The van der Waals surface area contributed by atoms with E-state index in [4.69, 9.17) is 5.73 Å². The molecule has 0 aliphatic carbocycles. The van der Waals surface area contributed by atoms with Crippen LogP contribution in [0.25, 0.3) is 0 Å². The summed E-state index contributed by atoms with van der Waals surface area (Å²) >= 11 is 5.09. The minimum absolute atomic E-state index is 0.0985. The first kappa shape index (κ1) is 17.8. The van der Waals surface area contributed by atoms with Gasteiger partial charge in [-0.15, -0.1) is 0 Å². The lowest BCUT2D eigenvalue weighted by molar-refractivity contribution is 0.556. The van der Waals surface area contributed by atoms with Crippen LogP contribution in [0.15, 0.2) is 21.5 Å². The van der Waals surface area contributed by atoms with Crippen molar-refractivity contribution in [3.63, 3.8) is 0 Å².